The first-order valence-electron chi connectivity index (χ1n) is 12.4. The second kappa shape index (κ2) is 9.56. The molecule has 3 heterocycles. The lowest BCUT2D eigenvalue weighted by Gasteiger charge is -2.23. The molecule has 0 atom stereocenters. The Hall–Kier alpha value is -3.61. The summed E-state index contributed by atoms with van der Waals surface area (Å²) in [5, 5.41) is 5.46. The number of hydrogen-bond acceptors (Lipinski definition) is 5. The number of hydrazine groups is 1. The number of benzene rings is 1. The highest BCUT2D eigenvalue weighted by Crippen LogP contribution is 2.34. The van der Waals surface area contributed by atoms with Gasteiger partial charge in [-0.25, -0.2) is 4.98 Å². The maximum absolute atomic E-state index is 12.7. The summed E-state index contributed by atoms with van der Waals surface area (Å²) in [4.78, 5) is 17.3. The van der Waals surface area contributed by atoms with Gasteiger partial charge in [0.05, 0.1) is 5.69 Å². The summed E-state index contributed by atoms with van der Waals surface area (Å²) in [6, 6.07) is 12.3. The van der Waals surface area contributed by atoms with Crippen molar-refractivity contribution >= 4 is 22.8 Å². The Kier molecular flexibility index (Phi) is 6.32. The lowest BCUT2D eigenvalue weighted by Crippen LogP contribution is -2.29. The molecule has 0 bridgehead atoms. The van der Waals surface area contributed by atoms with Gasteiger partial charge in [0, 0.05) is 18.9 Å². The molecule has 182 valence electrons. The van der Waals surface area contributed by atoms with Crippen LogP contribution in [0.25, 0.3) is 11.0 Å². The van der Waals surface area contributed by atoms with Crippen LogP contribution in [0.1, 0.15) is 82.3 Å². The van der Waals surface area contributed by atoms with Gasteiger partial charge in [-0.15, -0.1) is 0 Å². The number of fused-ring (bicyclic) bond motifs is 1. The number of aryl methyl sites for hydroxylation is 4. The number of nitrogens with zero attached hydrogens (tertiary/aromatic N) is 3. The molecule has 1 aromatic carbocycles. The van der Waals surface area contributed by atoms with Gasteiger partial charge in [0.25, 0.3) is 0 Å². The van der Waals surface area contributed by atoms with Crippen molar-refractivity contribution in [2.24, 2.45) is 7.05 Å². The Balaban J connectivity index is 1.26. The Morgan fingerprint density at radius 2 is 1.86 bits per heavy atom. The van der Waals surface area contributed by atoms with E-state index in [1.165, 1.54) is 48.8 Å². The van der Waals surface area contributed by atoms with Crippen molar-refractivity contribution < 1.29 is 9.21 Å². The minimum atomic E-state index is -0.343. The average Bonchev–Trinajstić information content (AvgIpc) is 3.43. The molecule has 0 saturated heterocycles. The fourth-order valence-corrected chi connectivity index (χ4v) is 5.26. The third-order valence-corrected chi connectivity index (χ3v) is 7.17. The second-order valence-electron chi connectivity index (χ2n) is 9.77. The van der Waals surface area contributed by atoms with Crippen LogP contribution in [-0.2, 0) is 13.5 Å². The van der Waals surface area contributed by atoms with Crippen molar-refractivity contribution in [2.75, 3.05) is 5.43 Å². The Morgan fingerprint density at radius 3 is 2.66 bits per heavy atom. The van der Waals surface area contributed by atoms with Crippen molar-refractivity contribution in [2.45, 2.75) is 65.2 Å². The molecule has 7 heteroatoms. The minimum absolute atomic E-state index is 0.266. The Bertz CT molecular complexity index is 1380. The molecule has 1 aliphatic carbocycles. The number of anilines is 1. The van der Waals surface area contributed by atoms with E-state index in [1.54, 1.807) is 10.7 Å². The maximum atomic E-state index is 12.7. The molecule has 0 spiro atoms. The summed E-state index contributed by atoms with van der Waals surface area (Å²) in [5.74, 6) is 1.92. The fourth-order valence-electron chi connectivity index (χ4n) is 5.26. The van der Waals surface area contributed by atoms with Gasteiger partial charge in [-0.05, 0) is 80.0 Å². The molecule has 1 aliphatic rings. The molecule has 0 radical (unpaired) electrons. The number of carbonyl (C=O) groups is 1. The van der Waals surface area contributed by atoms with Crippen molar-refractivity contribution in [3.05, 3.63) is 75.9 Å². The van der Waals surface area contributed by atoms with E-state index < -0.39 is 0 Å². The molecule has 35 heavy (non-hydrogen) atoms. The van der Waals surface area contributed by atoms with Crippen LogP contribution in [0.3, 0.4) is 0 Å². The predicted molar refractivity (Wildman–Crippen MR) is 138 cm³/mol. The third kappa shape index (κ3) is 4.81. The van der Waals surface area contributed by atoms with Crippen LogP contribution in [0.4, 0.5) is 5.82 Å². The van der Waals surface area contributed by atoms with E-state index in [9.17, 15) is 4.79 Å². The third-order valence-electron chi connectivity index (χ3n) is 7.17. The van der Waals surface area contributed by atoms with Crippen molar-refractivity contribution in [3.8, 4) is 0 Å². The van der Waals surface area contributed by atoms with E-state index in [0.717, 1.165) is 28.1 Å². The highest BCUT2D eigenvalue weighted by Gasteiger charge is 2.18. The van der Waals surface area contributed by atoms with Crippen LogP contribution in [-0.4, -0.2) is 20.7 Å². The van der Waals surface area contributed by atoms with Gasteiger partial charge in [-0.3, -0.25) is 20.3 Å². The van der Waals surface area contributed by atoms with E-state index in [2.05, 4.69) is 46.1 Å². The first-order valence-corrected chi connectivity index (χ1v) is 12.4. The van der Waals surface area contributed by atoms with Gasteiger partial charge in [0.1, 0.15) is 11.6 Å². The zero-order chi connectivity index (χ0) is 24.5. The molecule has 3 aromatic heterocycles. The molecule has 0 aliphatic heterocycles. The van der Waals surface area contributed by atoms with E-state index in [4.69, 9.17) is 4.42 Å². The number of furan rings is 1. The van der Waals surface area contributed by atoms with E-state index >= 15 is 0 Å². The van der Waals surface area contributed by atoms with Gasteiger partial charge in [-0.2, -0.15) is 5.10 Å². The van der Waals surface area contributed by atoms with Gasteiger partial charge >= 0.3 is 5.91 Å². The molecular formula is C28H33N5O2. The van der Waals surface area contributed by atoms with Gasteiger partial charge in [-0.1, -0.05) is 37.5 Å². The number of aromatic nitrogens is 3. The second-order valence-corrected chi connectivity index (χ2v) is 9.77. The average molecular weight is 472 g/mol. The standard InChI is InChI=1S/C28H33N5O2/c1-17-10-11-21(20-8-6-5-7-9-20)15-22(17)16-23-12-13-24(35-23)28(34)31-30-25-14-18(2)26-19(3)32-33(4)27(26)29-25/h10-15,20H,5-9,16H2,1-4H3,(H,29,30)(H,31,34). The molecule has 4 aromatic rings. The molecule has 7 nitrogen and oxygen atoms in total. The summed E-state index contributed by atoms with van der Waals surface area (Å²) in [6.45, 7) is 6.11. The molecule has 0 unspecified atom stereocenters. The fraction of sp³-hybridized carbons (Fsp3) is 0.393. The zero-order valence-electron chi connectivity index (χ0n) is 20.9. The highest BCUT2D eigenvalue weighted by atomic mass is 16.4. The number of carbonyl (C=O) groups excluding carboxylic acids is 1. The zero-order valence-corrected chi connectivity index (χ0v) is 20.9. The van der Waals surface area contributed by atoms with E-state index in [-0.39, 0.29) is 11.7 Å². The lowest BCUT2D eigenvalue weighted by atomic mass is 9.83. The minimum Gasteiger partial charge on any atom is -0.456 e. The molecule has 1 amide bonds. The van der Waals surface area contributed by atoms with Crippen LogP contribution in [0.5, 0.6) is 0 Å². The molecule has 2 N–H and O–H groups in total. The number of amides is 1. The van der Waals surface area contributed by atoms with Crippen LogP contribution < -0.4 is 10.9 Å². The lowest BCUT2D eigenvalue weighted by molar-refractivity contribution is 0.0933. The summed E-state index contributed by atoms with van der Waals surface area (Å²) < 4.78 is 7.65. The number of hydrogen-bond donors (Lipinski definition) is 2. The summed E-state index contributed by atoms with van der Waals surface area (Å²) >= 11 is 0. The normalized spacial score (nSPS) is 14.4. The summed E-state index contributed by atoms with van der Waals surface area (Å²) in [7, 11) is 1.86. The summed E-state index contributed by atoms with van der Waals surface area (Å²) in [6.07, 6.45) is 7.23. The Labute approximate surface area is 205 Å². The quantitative estimate of drug-likeness (QED) is 0.343. The number of nitrogens with one attached hydrogen (secondary N) is 2. The number of pyridine rings is 1. The van der Waals surface area contributed by atoms with E-state index in [0.29, 0.717) is 18.2 Å². The Morgan fingerprint density at radius 1 is 1.06 bits per heavy atom. The van der Waals surface area contributed by atoms with Gasteiger partial charge in [0.15, 0.2) is 11.4 Å². The predicted octanol–water partition coefficient (Wildman–Crippen LogP) is 5.88. The van der Waals surface area contributed by atoms with E-state index in [1.807, 2.05) is 33.0 Å². The first kappa shape index (κ1) is 23.1. The topological polar surface area (TPSA) is 85.0 Å². The van der Waals surface area contributed by atoms with Gasteiger partial charge in [0.2, 0.25) is 0 Å². The van der Waals surface area contributed by atoms with Crippen molar-refractivity contribution in [3.63, 3.8) is 0 Å². The highest BCUT2D eigenvalue weighted by molar-refractivity contribution is 5.92. The number of rotatable bonds is 6. The molecule has 5 rings (SSSR count). The smallest absolute Gasteiger partial charge is 0.305 e. The molecule has 1 fully saturated rings. The molecule has 1 saturated carbocycles. The largest absolute Gasteiger partial charge is 0.456 e. The maximum Gasteiger partial charge on any atom is 0.305 e. The summed E-state index contributed by atoms with van der Waals surface area (Å²) in [5.41, 5.74) is 12.3. The van der Waals surface area contributed by atoms with Crippen LogP contribution in [0, 0.1) is 20.8 Å². The SMILES string of the molecule is Cc1ccc(C2CCCCC2)cc1Cc1ccc(C(=O)NNc2cc(C)c3c(C)nn(C)c3n2)o1. The van der Waals surface area contributed by atoms with Crippen LogP contribution >= 0.6 is 0 Å². The molecular weight excluding hydrogens is 438 g/mol. The van der Waals surface area contributed by atoms with Crippen LogP contribution in [0.2, 0.25) is 0 Å². The monoisotopic (exact) mass is 471 g/mol. The van der Waals surface area contributed by atoms with Crippen LogP contribution in [0.15, 0.2) is 40.8 Å². The van der Waals surface area contributed by atoms with Crippen molar-refractivity contribution in [1.82, 2.24) is 20.2 Å². The van der Waals surface area contributed by atoms with Crippen molar-refractivity contribution in [1.29, 1.82) is 0 Å². The first-order chi connectivity index (χ1) is 16.9. The van der Waals surface area contributed by atoms with Gasteiger partial charge < -0.3 is 4.42 Å².